The van der Waals surface area contributed by atoms with Crippen LogP contribution in [0.2, 0.25) is 0 Å². The van der Waals surface area contributed by atoms with Crippen molar-refractivity contribution >= 4 is 25.0 Å². The van der Waals surface area contributed by atoms with E-state index in [0.717, 1.165) is 17.9 Å². The summed E-state index contributed by atoms with van der Waals surface area (Å²) in [5.74, 6) is -1.11. The highest BCUT2D eigenvalue weighted by Crippen LogP contribution is 2.52. The normalized spacial score (nSPS) is 13.2. The highest BCUT2D eigenvalue weighted by atomic mass is 32.2. The fourth-order valence-corrected chi connectivity index (χ4v) is 3.51. The number of ether oxygens (including phenoxy) is 1. The van der Waals surface area contributed by atoms with Gasteiger partial charge in [-0.1, -0.05) is 30.0 Å². The van der Waals surface area contributed by atoms with E-state index in [0.29, 0.717) is 0 Å². The molecule has 2 heterocycles. The molecule has 0 fully saturated rings. The van der Waals surface area contributed by atoms with Crippen LogP contribution in [0.3, 0.4) is 0 Å². The van der Waals surface area contributed by atoms with E-state index in [-0.39, 0.29) is 0 Å². The van der Waals surface area contributed by atoms with Crippen LogP contribution in [0.4, 0.5) is 5.69 Å². The Bertz CT molecular complexity index is 787. The quantitative estimate of drug-likeness (QED) is 0.362. The first-order chi connectivity index (χ1) is 11.3. The number of fused-ring (bicyclic) bond motifs is 2. The van der Waals surface area contributed by atoms with Crippen LogP contribution in [0.5, 0.6) is 5.75 Å². The van der Waals surface area contributed by atoms with Gasteiger partial charge in [0.05, 0.1) is 27.4 Å². The third-order valence-electron chi connectivity index (χ3n) is 3.10. The van der Waals surface area contributed by atoms with Gasteiger partial charge in [-0.2, -0.15) is 0 Å². The molecule has 2 aromatic rings. The van der Waals surface area contributed by atoms with Crippen LogP contribution < -0.4 is 4.74 Å². The van der Waals surface area contributed by atoms with Gasteiger partial charge in [-0.25, -0.2) is 0 Å². The van der Waals surface area contributed by atoms with E-state index in [2.05, 4.69) is 12.1 Å². The van der Waals surface area contributed by atoms with Gasteiger partial charge in [-0.3, -0.25) is 14.7 Å². The first-order valence-electron chi connectivity index (χ1n) is 6.57. The molecule has 0 saturated carbocycles. The zero-order valence-electron chi connectivity index (χ0n) is 12.4. The topological polar surface area (TPSA) is 130 Å². The molecule has 128 valence electrons. The second-order valence-electron chi connectivity index (χ2n) is 4.67. The molecule has 0 aliphatic carbocycles. The van der Waals surface area contributed by atoms with Gasteiger partial charge in [0.15, 0.2) is 5.85 Å². The molecule has 2 bridgehead atoms. The van der Waals surface area contributed by atoms with Crippen molar-refractivity contribution in [3.05, 3.63) is 58.1 Å². The maximum atomic E-state index is 10.7. The first kappa shape index (κ1) is 18.4. The molecule has 2 aliphatic heterocycles. The number of nitrogens with zero attached hydrogens (tertiary/aromatic N) is 1. The summed E-state index contributed by atoms with van der Waals surface area (Å²) in [6.45, 7) is 0. The van der Waals surface area contributed by atoms with E-state index >= 15 is 0 Å². The Kier molecular flexibility index (Phi) is 5.63. The lowest BCUT2D eigenvalue weighted by Gasteiger charge is -2.19. The zero-order chi connectivity index (χ0) is 17.9. The number of nitro benzene ring substituents is 1. The van der Waals surface area contributed by atoms with Gasteiger partial charge in [0.1, 0.15) is 5.75 Å². The molecular weight excluding hydrogens is 357 g/mol. The van der Waals surface area contributed by atoms with Gasteiger partial charge in [-0.05, 0) is 18.2 Å². The summed E-state index contributed by atoms with van der Waals surface area (Å²) < 4.78 is 15.8. The number of aliphatic hydroxyl groups is 1. The molecule has 10 heteroatoms. The molecule has 1 atom stereocenters. The SMILES string of the molecule is COc1c2cccc1S2.O=[N+]([O-])c1ccccc1C(O)P(=O)(O)O. The monoisotopic (exact) mass is 371 g/mol. The molecule has 0 aromatic heterocycles. The lowest BCUT2D eigenvalue weighted by molar-refractivity contribution is -0.386. The second-order valence-corrected chi connectivity index (χ2v) is 7.42. The van der Waals surface area contributed by atoms with Crippen molar-refractivity contribution < 1.29 is 29.1 Å². The number of rotatable bonds is 4. The molecule has 0 radical (unpaired) electrons. The van der Waals surface area contributed by atoms with E-state index in [9.17, 15) is 19.8 Å². The minimum Gasteiger partial charge on any atom is -0.494 e. The Morgan fingerprint density at radius 3 is 2.17 bits per heavy atom. The first-order valence-corrected chi connectivity index (χ1v) is 9.07. The van der Waals surface area contributed by atoms with Crippen LogP contribution in [-0.2, 0) is 4.57 Å². The predicted molar refractivity (Wildman–Crippen MR) is 87.2 cm³/mol. The highest BCUT2D eigenvalue weighted by Gasteiger charge is 2.33. The molecule has 24 heavy (non-hydrogen) atoms. The summed E-state index contributed by atoms with van der Waals surface area (Å²) in [6, 6.07) is 11.0. The van der Waals surface area contributed by atoms with Crippen molar-refractivity contribution in [3.63, 3.8) is 0 Å². The maximum absolute atomic E-state index is 10.7. The minimum atomic E-state index is -4.79. The second kappa shape index (κ2) is 7.33. The molecule has 4 rings (SSSR count). The summed E-state index contributed by atoms with van der Waals surface area (Å²) in [4.78, 5) is 29.6. The van der Waals surface area contributed by atoms with E-state index in [1.165, 1.54) is 21.9 Å². The van der Waals surface area contributed by atoms with Gasteiger partial charge in [0.2, 0.25) is 0 Å². The third kappa shape index (κ3) is 3.95. The lowest BCUT2D eigenvalue weighted by Crippen LogP contribution is -2.02. The predicted octanol–water partition coefficient (Wildman–Crippen LogP) is 2.92. The molecule has 3 N–H and O–H groups in total. The van der Waals surface area contributed by atoms with Gasteiger partial charge >= 0.3 is 7.60 Å². The number of para-hydroxylation sites is 2. The molecule has 0 amide bonds. The van der Waals surface area contributed by atoms with Crippen LogP contribution >= 0.6 is 19.4 Å². The highest BCUT2D eigenvalue weighted by molar-refractivity contribution is 8.00. The average Bonchev–Trinajstić information content (AvgIpc) is 2.55. The van der Waals surface area contributed by atoms with E-state index in [1.54, 1.807) is 18.9 Å². The standard InChI is InChI=1S/C7H8NO6P.C7H6OS/c9-7(15(12,13)14)5-3-1-2-4-6(5)8(10)11;1-8-7-5-3-2-4-6(7)9-5/h1-4,7,9H,(H2,12,13,14);2-4H,1H3. The van der Waals surface area contributed by atoms with Crippen molar-refractivity contribution in [2.24, 2.45) is 0 Å². The number of aliphatic hydroxyl groups excluding tert-OH is 1. The molecule has 0 spiro atoms. The Labute approximate surface area is 141 Å². The summed E-state index contributed by atoms with van der Waals surface area (Å²) in [7, 11) is -3.08. The molecule has 2 aliphatic rings. The van der Waals surface area contributed by atoms with Crippen molar-refractivity contribution in [3.8, 4) is 5.75 Å². The van der Waals surface area contributed by atoms with Crippen LogP contribution in [0.1, 0.15) is 11.4 Å². The average molecular weight is 371 g/mol. The van der Waals surface area contributed by atoms with Gasteiger partial charge in [0.25, 0.3) is 5.69 Å². The molecule has 2 aromatic carbocycles. The summed E-state index contributed by atoms with van der Waals surface area (Å²) in [5.41, 5.74) is -0.913. The van der Waals surface area contributed by atoms with Crippen molar-refractivity contribution in [2.75, 3.05) is 7.11 Å². The van der Waals surface area contributed by atoms with Crippen LogP contribution in [0, 0.1) is 10.1 Å². The minimum absolute atomic E-state index is 0.393. The largest absolute Gasteiger partial charge is 0.494 e. The summed E-state index contributed by atoms with van der Waals surface area (Å²) in [6.07, 6.45) is 0. The molecule has 1 unspecified atom stereocenters. The molecule has 8 nitrogen and oxygen atoms in total. The summed E-state index contributed by atoms with van der Waals surface area (Å²) >= 11 is 1.78. The van der Waals surface area contributed by atoms with Gasteiger partial charge in [0, 0.05) is 6.07 Å². The Hall–Kier alpha value is -1.90. The third-order valence-corrected chi connectivity index (χ3v) is 5.10. The summed E-state index contributed by atoms with van der Waals surface area (Å²) in [5, 5.41) is 19.7. The Morgan fingerprint density at radius 2 is 1.75 bits per heavy atom. The maximum Gasteiger partial charge on any atom is 0.358 e. The number of methoxy groups -OCH3 is 1. The van der Waals surface area contributed by atoms with Crippen LogP contribution in [0.25, 0.3) is 0 Å². The number of hydrogen-bond acceptors (Lipinski definition) is 6. The van der Waals surface area contributed by atoms with Crippen LogP contribution in [0.15, 0.2) is 52.3 Å². The van der Waals surface area contributed by atoms with Gasteiger partial charge < -0.3 is 19.6 Å². The Morgan fingerprint density at radius 1 is 1.17 bits per heavy atom. The van der Waals surface area contributed by atoms with Crippen molar-refractivity contribution in [1.29, 1.82) is 0 Å². The smallest absolute Gasteiger partial charge is 0.358 e. The lowest BCUT2D eigenvalue weighted by atomic mass is 10.2. The number of nitro groups is 1. The number of hydrogen-bond donors (Lipinski definition) is 3. The fraction of sp³-hybridized carbons (Fsp3) is 0.143. The van der Waals surface area contributed by atoms with Gasteiger partial charge in [-0.15, -0.1) is 0 Å². The van der Waals surface area contributed by atoms with Crippen LogP contribution in [-0.4, -0.2) is 26.9 Å². The van der Waals surface area contributed by atoms with Crippen molar-refractivity contribution in [2.45, 2.75) is 15.6 Å². The fourth-order valence-electron chi connectivity index (χ4n) is 1.98. The molecular formula is C14H14NO7PS. The van der Waals surface area contributed by atoms with E-state index < -0.39 is 29.6 Å². The number of benzene rings is 2. The van der Waals surface area contributed by atoms with Crippen molar-refractivity contribution in [1.82, 2.24) is 0 Å². The zero-order valence-corrected chi connectivity index (χ0v) is 14.1. The van der Waals surface area contributed by atoms with E-state index in [4.69, 9.17) is 14.5 Å². The Balaban J connectivity index is 0.000000194. The van der Waals surface area contributed by atoms with E-state index in [1.807, 2.05) is 6.07 Å². The molecule has 0 saturated heterocycles.